The number of furan rings is 1. The number of halogens is 1. The smallest absolute Gasteiger partial charge is 0.351 e. The Bertz CT molecular complexity index is 944. The minimum atomic E-state index is -0.495. The summed E-state index contributed by atoms with van der Waals surface area (Å²) in [6.07, 6.45) is 1.46. The van der Waals surface area contributed by atoms with E-state index in [0.29, 0.717) is 16.5 Å². The molecule has 1 atom stereocenters. The van der Waals surface area contributed by atoms with Gasteiger partial charge in [-0.25, -0.2) is 4.79 Å². The third-order valence-corrected chi connectivity index (χ3v) is 3.91. The average molecular weight is 377 g/mol. The molecule has 0 aliphatic rings. The van der Waals surface area contributed by atoms with E-state index in [1.54, 1.807) is 43.3 Å². The van der Waals surface area contributed by atoms with E-state index in [9.17, 15) is 9.59 Å². The number of hydrogen-bond acceptors (Lipinski definition) is 5. The Kier molecular flexibility index (Phi) is 5.24. The molecule has 1 aromatic carbocycles. The fourth-order valence-electron chi connectivity index (χ4n) is 2.39. The SMILES string of the molecule is C[C@H](CO)NC(=O)Cn1c(-c2ccco2)nn(-c2ccc(Cl)cc2)c1=O. The second kappa shape index (κ2) is 7.59. The van der Waals surface area contributed by atoms with Gasteiger partial charge in [0.15, 0.2) is 5.76 Å². The highest BCUT2D eigenvalue weighted by Gasteiger charge is 2.20. The maximum atomic E-state index is 12.8. The molecule has 0 saturated heterocycles. The summed E-state index contributed by atoms with van der Waals surface area (Å²) in [7, 11) is 0. The van der Waals surface area contributed by atoms with Crippen LogP contribution in [0.4, 0.5) is 0 Å². The fourth-order valence-corrected chi connectivity index (χ4v) is 2.51. The lowest BCUT2D eigenvalue weighted by atomic mass is 10.3. The molecule has 3 rings (SSSR count). The van der Waals surface area contributed by atoms with Crippen LogP contribution in [0.25, 0.3) is 17.3 Å². The van der Waals surface area contributed by atoms with Crippen LogP contribution in [-0.4, -0.2) is 38.0 Å². The normalized spacial score (nSPS) is 12.1. The molecule has 9 heteroatoms. The van der Waals surface area contributed by atoms with Gasteiger partial charge < -0.3 is 14.8 Å². The van der Waals surface area contributed by atoms with Gasteiger partial charge in [0.2, 0.25) is 11.7 Å². The van der Waals surface area contributed by atoms with Crippen LogP contribution in [0, 0.1) is 0 Å². The minimum Gasteiger partial charge on any atom is -0.461 e. The zero-order chi connectivity index (χ0) is 18.7. The van der Waals surface area contributed by atoms with E-state index in [-0.39, 0.29) is 19.0 Å². The number of hydrogen-bond donors (Lipinski definition) is 2. The van der Waals surface area contributed by atoms with Crippen molar-refractivity contribution in [1.29, 1.82) is 0 Å². The number of nitrogens with zero attached hydrogens (tertiary/aromatic N) is 3. The van der Waals surface area contributed by atoms with Gasteiger partial charge in [-0.15, -0.1) is 5.10 Å². The van der Waals surface area contributed by atoms with Gasteiger partial charge in [-0.3, -0.25) is 9.36 Å². The molecule has 0 unspecified atom stereocenters. The third-order valence-electron chi connectivity index (χ3n) is 3.66. The van der Waals surface area contributed by atoms with E-state index in [1.165, 1.54) is 15.5 Å². The summed E-state index contributed by atoms with van der Waals surface area (Å²) in [4.78, 5) is 25.0. The number of nitrogens with one attached hydrogen (secondary N) is 1. The Morgan fingerprint density at radius 1 is 1.35 bits per heavy atom. The van der Waals surface area contributed by atoms with Crippen molar-refractivity contribution >= 4 is 17.5 Å². The first kappa shape index (κ1) is 18.0. The largest absolute Gasteiger partial charge is 0.461 e. The van der Waals surface area contributed by atoms with Crippen molar-refractivity contribution in [2.24, 2.45) is 0 Å². The van der Waals surface area contributed by atoms with Crippen molar-refractivity contribution in [3.05, 3.63) is 58.2 Å². The molecule has 1 amide bonds. The van der Waals surface area contributed by atoms with E-state index in [2.05, 4.69) is 10.4 Å². The predicted octanol–water partition coefficient (Wildman–Crippen LogP) is 1.44. The molecule has 2 aromatic heterocycles. The van der Waals surface area contributed by atoms with Crippen LogP contribution in [0.1, 0.15) is 6.92 Å². The Morgan fingerprint density at radius 3 is 2.69 bits per heavy atom. The van der Waals surface area contributed by atoms with Crippen LogP contribution in [0.15, 0.2) is 51.9 Å². The van der Waals surface area contributed by atoms with Crippen molar-refractivity contribution in [1.82, 2.24) is 19.7 Å². The first-order chi connectivity index (χ1) is 12.5. The van der Waals surface area contributed by atoms with Crippen LogP contribution >= 0.6 is 11.6 Å². The Balaban J connectivity index is 2.03. The van der Waals surface area contributed by atoms with Gasteiger partial charge in [0.1, 0.15) is 6.54 Å². The molecule has 0 fully saturated rings. The molecule has 3 aromatic rings. The lowest BCUT2D eigenvalue weighted by Gasteiger charge is -2.11. The quantitative estimate of drug-likeness (QED) is 0.677. The molecule has 0 spiro atoms. The van der Waals surface area contributed by atoms with E-state index < -0.39 is 17.6 Å². The summed E-state index contributed by atoms with van der Waals surface area (Å²) in [6.45, 7) is 1.20. The Morgan fingerprint density at radius 2 is 2.08 bits per heavy atom. The molecular formula is C17H17ClN4O4. The zero-order valence-corrected chi connectivity index (χ0v) is 14.7. The molecule has 2 heterocycles. The molecule has 136 valence electrons. The summed E-state index contributed by atoms with van der Waals surface area (Å²) in [6, 6.07) is 9.49. The summed E-state index contributed by atoms with van der Waals surface area (Å²) in [5.41, 5.74) is 0.0145. The number of rotatable bonds is 6. The van der Waals surface area contributed by atoms with Gasteiger partial charge >= 0.3 is 5.69 Å². The number of amides is 1. The van der Waals surface area contributed by atoms with E-state index in [1.807, 2.05) is 0 Å². The van der Waals surface area contributed by atoms with E-state index >= 15 is 0 Å². The standard InChI is InChI=1S/C17H17ClN4O4/c1-11(10-23)19-15(24)9-21-16(14-3-2-8-26-14)20-22(17(21)25)13-6-4-12(18)5-7-13/h2-8,11,23H,9-10H2,1H3,(H,19,24)/t11-/m1/s1. The highest BCUT2D eigenvalue weighted by molar-refractivity contribution is 6.30. The van der Waals surface area contributed by atoms with Gasteiger partial charge in [0, 0.05) is 11.1 Å². The van der Waals surface area contributed by atoms with Crippen LogP contribution in [0.3, 0.4) is 0 Å². The molecule has 0 saturated carbocycles. The van der Waals surface area contributed by atoms with Crippen LogP contribution in [0.2, 0.25) is 5.02 Å². The third kappa shape index (κ3) is 3.71. The maximum absolute atomic E-state index is 12.8. The van der Waals surface area contributed by atoms with Crippen LogP contribution < -0.4 is 11.0 Å². The van der Waals surface area contributed by atoms with Gasteiger partial charge in [-0.1, -0.05) is 11.6 Å². The molecular weight excluding hydrogens is 360 g/mol. The van der Waals surface area contributed by atoms with E-state index in [0.717, 1.165) is 0 Å². The summed E-state index contributed by atoms with van der Waals surface area (Å²) in [5.74, 6) is 0.164. The maximum Gasteiger partial charge on any atom is 0.351 e. The molecule has 0 bridgehead atoms. The van der Waals surface area contributed by atoms with Crippen molar-refractivity contribution in [3.8, 4) is 17.3 Å². The lowest BCUT2D eigenvalue weighted by molar-refractivity contribution is -0.122. The number of carbonyl (C=O) groups is 1. The first-order valence-corrected chi connectivity index (χ1v) is 8.27. The molecule has 8 nitrogen and oxygen atoms in total. The highest BCUT2D eigenvalue weighted by atomic mass is 35.5. The molecule has 0 aliphatic heterocycles. The van der Waals surface area contributed by atoms with Crippen molar-refractivity contribution in [2.45, 2.75) is 19.5 Å². The minimum absolute atomic E-state index is 0.199. The first-order valence-electron chi connectivity index (χ1n) is 7.89. The molecule has 0 aliphatic carbocycles. The predicted molar refractivity (Wildman–Crippen MR) is 95.2 cm³/mol. The average Bonchev–Trinajstić information content (AvgIpc) is 3.25. The monoisotopic (exact) mass is 376 g/mol. The van der Waals surface area contributed by atoms with Crippen molar-refractivity contribution in [2.75, 3.05) is 6.61 Å². The topological polar surface area (TPSA) is 102 Å². The molecule has 2 N–H and O–H groups in total. The zero-order valence-electron chi connectivity index (χ0n) is 13.9. The molecule has 0 radical (unpaired) electrons. The number of aliphatic hydroxyl groups excluding tert-OH is 1. The number of carbonyl (C=O) groups excluding carboxylic acids is 1. The second-order valence-electron chi connectivity index (χ2n) is 5.71. The van der Waals surface area contributed by atoms with Crippen LogP contribution in [-0.2, 0) is 11.3 Å². The molecule has 26 heavy (non-hydrogen) atoms. The van der Waals surface area contributed by atoms with Gasteiger partial charge in [0.05, 0.1) is 18.6 Å². The lowest BCUT2D eigenvalue weighted by Crippen LogP contribution is -2.39. The van der Waals surface area contributed by atoms with Gasteiger partial charge in [0.25, 0.3) is 0 Å². The van der Waals surface area contributed by atoms with E-state index in [4.69, 9.17) is 21.1 Å². The van der Waals surface area contributed by atoms with Crippen molar-refractivity contribution in [3.63, 3.8) is 0 Å². The Labute approximate surface area is 153 Å². The highest BCUT2D eigenvalue weighted by Crippen LogP contribution is 2.18. The Hall–Kier alpha value is -2.84. The fraction of sp³-hybridized carbons (Fsp3) is 0.235. The number of benzene rings is 1. The van der Waals surface area contributed by atoms with Gasteiger partial charge in [-0.2, -0.15) is 4.68 Å². The number of aliphatic hydroxyl groups is 1. The van der Waals surface area contributed by atoms with Gasteiger partial charge in [-0.05, 0) is 43.3 Å². The number of aromatic nitrogens is 3. The second-order valence-corrected chi connectivity index (χ2v) is 6.15. The summed E-state index contributed by atoms with van der Waals surface area (Å²) in [5, 5.41) is 16.5. The summed E-state index contributed by atoms with van der Waals surface area (Å²) >= 11 is 5.89. The van der Waals surface area contributed by atoms with Crippen LogP contribution in [0.5, 0.6) is 0 Å². The van der Waals surface area contributed by atoms with Crippen molar-refractivity contribution < 1.29 is 14.3 Å². The summed E-state index contributed by atoms with van der Waals surface area (Å²) < 4.78 is 7.73.